The van der Waals surface area contributed by atoms with Crippen molar-refractivity contribution in [3.63, 3.8) is 0 Å². The number of benzene rings is 2. The van der Waals surface area contributed by atoms with Crippen molar-refractivity contribution in [3.8, 4) is 5.75 Å². The molecule has 6 heteroatoms. The highest BCUT2D eigenvalue weighted by Gasteiger charge is 2.46. The van der Waals surface area contributed by atoms with Gasteiger partial charge in [-0.05, 0) is 37.2 Å². The zero-order valence-corrected chi connectivity index (χ0v) is 19.8. The van der Waals surface area contributed by atoms with Crippen LogP contribution in [0.5, 0.6) is 5.75 Å². The lowest BCUT2D eigenvalue weighted by Crippen LogP contribution is -2.38. The topological polar surface area (TPSA) is 70.1 Å². The van der Waals surface area contributed by atoms with E-state index in [0.717, 1.165) is 31.5 Å². The summed E-state index contributed by atoms with van der Waals surface area (Å²) in [4.78, 5) is 30.0. The number of ether oxygens (including phenoxy) is 1. The summed E-state index contributed by atoms with van der Waals surface area (Å²) < 4.78 is 5.87. The van der Waals surface area contributed by atoms with E-state index in [0.29, 0.717) is 31.0 Å². The number of Topliss-reactive ketones (excluding diaryl/α,β-unsaturated/α-hetero) is 1. The Labute approximate surface area is 196 Å². The first kappa shape index (κ1) is 24.5. The number of ketones is 1. The van der Waals surface area contributed by atoms with Gasteiger partial charge in [0.1, 0.15) is 11.5 Å². The van der Waals surface area contributed by atoms with Gasteiger partial charge in [-0.15, -0.1) is 0 Å². The van der Waals surface area contributed by atoms with Crippen molar-refractivity contribution in [3.05, 3.63) is 71.3 Å². The van der Waals surface area contributed by atoms with Crippen molar-refractivity contribution in [2.45, 2.75) is 39.7 Å². The van der Waals surface area contributed by atoms with Gasteiger partial charge in [-0.25, -0.2) is 0 Å². The van der Waals surface area contributed by atoms with E-state index < -0.39 is 17.7 Å². The van der Waals surface area contributed by atoms with Gasteiger partial charge in [0.15, 0.2) is 0 Å². The maximum absolute atomic E-state index is 13.1. The van der Waals surface area contributed by atoms with Crippen LogP contribution in [0.15, 0.2) is 60.2 Å². The Hall–Kier alpha value is -3.12. The van der Waals surface area contributed by atoms with E-state index in [-0.39, 0.29) is 11.3 Å². The molecule has 1 heterocycles. The number of nitrogens with zero attached hydrogens (tertiary/aromatic N) is 2. The Morgan fingerprint density at radius 3 is 2.42 bits per heavy atom. The fourth-order valence-corrected chi connectivity index (χ4v) is 4.11. The largest absolute Gasteiger partial charge is 0.507 e. The average molecular weight is 451 g/mol. The fraction of sp³-hybridized carbons (Fsp3) is 0.407. The second-order valence-corrected chi connectivity index (χ2v) is 8.16. The van der Waals surface area contributed by atoms with Crippen LogP contribution in [0.3, 0.4) is 0 Å². The number of unbranched alkanes of at least 4 members (excludes halogenated alkanes) is 1. The molecule has 1 atom stereocenters. The first-order valence-electron chi connectivity index (χ1n) is 11.8. The monoisotopic (exact) mass is 450 g/mol. The molecule has 1 fully saturated rings. The van der Waals surface area contributed by atoms with Crippen molar-refractivity contribution in [1.29, 1.82) is 0 Å². The van der Waals surface area contributed by atoms with Gasteiger partial charge >= 0.3 is 0 Å². The van der Waals surface area contributed by atoms with Crippen LogP contribution < -0.4 is 4.74 Å². The third kappa shape index (κ3) is 5.63. The minimum Gasteiger partial charge on any atom is -0.507 e. The van der Waals surface area contributed by atoms with Gasteiger partial charge in [-0.3, -0.25) is 9.59 Å². The number of carbonyl (C=O) groups excluding carboxylic acids is 2. The number of hydrogen-bond acceptors (Lipinski definition) is 5. The fourth-order valence-electron chi connectivity index (χ4n) is 4.11. The van der Waals surface area contributed by atoms with E-state index in [4.69, 9.17) is 4.74 Å². The Bertz CT molecular complexity index is 983. The van der Waals surface area contributed by atoms with E-state index in [9.17, 15) is 14.7 Å². The number of amides is 1. The minimum atomic E-state index is -0.671. The number of rotatable bonds is 11. The molecule has 1 saturated heterocycles. The van der Waals surface area contributed by atoms with Crippen LogP contribution in [0.25, 0.3) is 5.76 Å². The van der Waals surface area contributed by atoms with Gasteiger partial charge in [0.05, 0.1) is 18.2 Å². The molecule has 1 N–H and O–H groups in total. The molecule has 1 unspecified atom stereocenters. The molecule has 2 aromatic rings. The lowest BCUT2D eigenvalue weighted by Gasteiger charge is -2.28. The second kappa shape index (κ2) is 11.7. The number of aliphatic hydroxyl groups is 1. The molecule has 1 aliphatic rings. The lowest BCUT2D eigenvalue weighted by atomic mass is 9.95. The van der Waals surface area contributed by atoms with Gasteiger partial charge < -0.3 is 19.6 Å². The van der Waals surface area contributed by atoms with Crippen LogP contribution in [0.2, 0.25) is 0 Å². The van der Waals surface area contributed by atoms with E-state index in [1.807, 2.05) is 30.3 Å². The van der Waals surface area contributed by atoms with Crippen LogP contribution >= 0.6 is 0 Å². The zero-order chi connectivity index (χ0) is 23.8. The zero-order valence-electron chi connectivity index (χ0n) is 19.8. The van der Waals surface area contributed by atoms with Gasteiger partial charge in [-0.2, -0.15) is 0 Å². The molecule has 1 aliphatic heterocycles. The summed E-state index contributed by atoms with van der Waals surface area (Å²) in [6.07, 6.45) is 1.98. The average Bonchev–Trinajstić information content (AvgIpc) is 3.10. The van der Waals surface area contributed by atoms with Crippen LogP contribution in [0.4, 0.5) is 0 Å². The highest BCUT2D eigenvalue weighted by Crippen LogP contribution is 2.40. The van der Waals surface area contributed by atoms with Crippen LogP contribution in [-0.4, -0.2) is 59.4 Å². The molecule has 33 heavy (non-hydrogen) atoms. The lowest BCUT2D eigenvalue weighted by molar-refractivity contribution is -0.140. The number of hydrogen-bond donors (Lipinski definition) is 1. The quantitative estimate of drug-likeness (QED) is 0.234. The molecule has 1 amide bonds. The molecule has 2 aromatic carbocycles. The van der Waals surface area contributed by atoms with Crippen molar-refractivity contribution in [2.75, 3.05) is 32.8 Å². The van der Waals surface area contributed by atoms with Crippen LogP contribution in [0.1, 0.15) is 50.8 Å². The Kier molecular flexibility index (Phi) is 8.66. The van der Waals surface area contributed by atoms with Crippen molar-refractivity contribution in [1.82, 2.24) is 9.80 Å². The molecule has 3 rings (SSSR count). The molecule has 0 bridgehead atoms. The minimum absolute atomic E-state index is 0.122. The van der Waals surface area contributed by atoms with Crippen molar-refractivity contribution < 1.29 is 19.4 Å². The standard InChI is InChI=1S/C27H34N2O4/c1-4-7-18-33-22-15-11-14-21(19-22)24-23(25(30)20-12-9-8-10-13-20)26(31)27(32)29(24)17-16-28(5-2)6-3/h8-15,19,24,30H,4-7,16-18H2,1-3H3. The molecule has 6 nitrogen and oxygen atoms in total. The molecule has 0 radical (unpaired) electrons. The van der Waals surface area contributed by atoms with Crippen LogP contribution in [0, 0.1) is 0 Å². The Balaban J connectivity index is 2.04. The second-order valence-electron chi connectivity index (χ2n) is 8.16. The SMILES string of the molecule is CCCCOc1cccc(C2C(=C(O)c3ccccc3)C(=O)C(=O)N2CCN(CC)CC)c1. The third-order valence-electron chi connectivity index (χ3n) is 6.08. The number of carbonyl (C=O) groups is 2. The van der Waals surface area contributed by atoms with Gasteiger partial charge in [0.25, 0.3) is 11.7 Å². The Morgan fingerprint density at radius 2 is 1.76 bits per heavy atom. The van der Waals surface area contributed by atoms with E-state index >= 15 is 0 Å². The molecular formula is C27H34N2O4. The highest BCUT2D eigenvalue weighted by molar-refractivity contribution is 6.46. The summed E-state index contributed by atoms with van der Waals surface area (Å²) in [5.41, 5.74) is 1.39. The van der Waals surface area contributed by atoms with Gasteiger partial charge in [0, 0.05) is 18.7 Å². The maximum atomic E-state index is 13.1. The summed E-state index contributed by atoms with van der Waals surface area (Å²) in [7, 11) is 0. The molecule has 0 aliphatic carbocycles. The van der Waals surface area contributed by atoms with E-state index in [1.54, 1.807) is 29.2 Å². The predicted molar refractivity (Wildman–Crippen MR) is 130 cm³/mol. The summed E-state index contributed by atoms with van der Waals surface area (Å²) in [6, 6.07) is 15.7. The Morgan fingerprint density at radius 1 is 1.03 bits per heavy atom. The van der Waals surface area contributed by atoms with E-state index in [1.165, 1.54) is 0 Å². The van der Waals surface area contributed by atoms with Crippen molar-refractivity contribution >= 4 is 17.4 Å². The summed E-state index contributed by atoms with van der Waals surface area (Å²) in [5.74, 6) is -0.697. The molecule has 0 saturated carbocycles. The summed E-state index contributed by atoms with van der Waals surface area (Å²) >= 11 is 0. The van der Waals surface area contributed by atoms with Gasteiger partial charge in [-0.1, -0.05) is 69.7 Å². The first-order valence-corrected chi connectivity index (χ1v) is 11.8. The summed E-state index contributed by atoms with van der Waals surface area (Å²) in [5, 5.41) is 11.1. The first-order chi connectivity index (χ1) is 16.0. The molecule has 0 aromatic heterocycles. The summed E-state index contributed by atoms with van der Waals surface area (Å²) in [6.45, 7) is 9.60. The number of likely N-dealkylation sites (tertiary alicyclic amines) is 1. The maximum Gasteiger partial charge on any atom is 0.295 e. The smallest absolute Gasteiger partial charge is 0.295 e. The number of aliphatic hydroxyl groups excluding tert-OH is 1. The normalized spacial score (nSPS) is 17.7. The molecular weight excluding hydrogens is 416 g/mol. The van der Waals surface area contributed by atoms with Crippen LogP contribution in [-0.2, 0) is 9.59 Å². The predicted octanol–water partition coefficient (Wildman–Crippen LogP) is 4.63. The third-order valence-corrected chi connectivity index (χ3v) is 6.08. The molecule has 176 valence electrons. The van der Waals surface area contributed by atoms with Crippen molar-refractivity contribution in [2.24, 2.45) is 0 Å². The van der Waals surface area contributed by atoms with E-state index in [2.05, 4.69) is 25.7 Å². The number of likely N-dealkylation sites (N-methyl/N-ethyl adjacent to an activating group) is 1. The van der Waals surface area contributed by atoms with Gasteiger partial charge in [0.2, 0.25) is 0 Å². The molecule has 0 spiro atoms. The highest BCUT2D eigenvalue weighted by atomic mass is 16.5.